The number of rotatable bonds is 8. The summed E-state index contributed by atoms with van der Waals surface area (Å²) in [6.07, 6.45) is 0.243. The normalized spacial score (nSPS) is 30.5. The van der Waals surface area contributed by atoms with Gasteiger partial charge in [-0.05, 0) is 0 Å². The van der Waals surface area contributed by atoms with E-state index in [4.69, 9.17) is 47.9 Å². The fraction of sp³-hybridized carbons (Fsp3) is 0.833. The van der Waals surface area contributed by atoms with Crippen LogP contribution >= 0.6 is 23.2 Å². The zero-order valence-electron chi connectivity index (χ0n) is 10.2. The zero-order valence-corrected chi connectivity index (χ0v) is 11.7. The summed E-state index contributed by atoms with van der Waals surface area (Å²) in [4.78, 5) is 0. The van der Waals surface area contributed by atoms with Gasteiger partial charge in [0.25, 0.3) is 0 Å². The van der Waals surface area contributed by atoms with Gasteiger partial charge >= 0.3 is 0 Å². The van der Waals surface area contributed by atoms with Gasteiger partial charge in [0.1, 0.15) is 23.0 Å². The highest BCUT2D eigenvalue weighted by Gasteiger charge is 2.41. The van der Waals surface area contributed by atoms with Crippen LogP contribution in [-0.2, 0) is 14.2 Å². The predicted octanol–water partition coefficient (Wildman–Crippen LogP) is 1.58. The fourth-order valence-electron chi connectivity index (χ4n) is 1.87. The third-order valence-electron chi connectivity index (χ3n) is 3.06. The lowest BCUT2D eigenvalue weighted by molar-refractivity contribution is -0.0429. The smallest absolute Gasteiger partial charge is 0.123 e. The van der Waals surface area contributed by atoms with Crippen molar-refractivity contribution in [1.82, 2.24) is 0 Å². The van der Waals surface area contributed by atoms with Gasteiger partial charge < -0.3 is 14.2 Å². The Morgan fingerprint density at radius 3 is 1.63 bits per heavy atom. The summed E-state index contributed by atoms with van der Waals surface area (Å²) in [7, 11) is 0. The van der Waals surface area contributed by atoms with Crippen LogP contribution in [0.5, 0.6) is 0 Å². The lowest BCUT2D eigenvalue weighted by atomic mass is 10.1. The summed E-state index contributed by atoms with van der Waals surface area (Å²) in [5.74, 6) is 0. The molecule has 2 heterocycles. The number of halogens is 2. The molecule has 2 saturated heterocycles. The summed E-state index contributed by atoms with van der Waals surface area (Å²) in [6, 6.07) is 3.94. The Morgan fingerprint density at radius 2 is 1.37 bits per heavy atom. The molecule has 0 saturated carbocycles. The van der Waals surface area contributed by atoms with E-state index in [2.05, 4.69) is 0 Å². The highest BCUT2D eigenvalue weighted by molar-refractivity contribution is 6.22. The molecule has 0 aromatic heterocycles. The second-order valence-electron chi connectivity index (χ2n) is 4.62. The largest absolute Gasteiger partial charge is 0.370 e. The van der Waals surface area contributed by atoms with Crippen molar-refractivity contribution in [3.05, 3.63) is 0 Å². The van der Waals surface area contributed by atoms with Crippen molar-refractivity contribution in [2.24, 2.45) is 0 Å². The van der Waals surface area contributed by atoms with Crippen molar-refractivity contribution < 1.29 is 14.2 Å². The number of epoxide rings is 2. The molecule has 0 bridgehead atoms. The van der Waals surface area contributed by atoms with Gasteiger partial charge in [0.05, 0.1) is 37.6 Å². The number of hydrogen-bond donors (Lipinski definition) is 0. The minimum absolute atomic E-state index is 0.0216. The Hall–Kier alpha value is -0.560. The minimum Gasteiger partial charge on any atom is -0.370 e. The second-order valence-corrected chi connectivity index (χ2v) is 5.67. The third-order valence-corrected chi connectivity index (χ3v) is 3.61. The van der Waals surface area contributed by atoms with Gasteiger partial charge in [-0.3, -0.25) is 0 Å². The summed E-state index contributed by atoms with van der Waals surface area (Å²) in [6.45, 7) is 1.22. The molecule has 6 atom stereocenters. The van der Waals surface area contributed by atoms with E-state index in [1.165, 1.54) is 0 Å². The maximum Gasteiger partial charge on any atom is 0.123 e. The van der Waals surface area contributed by atoms with Gasteiger partial charge in [0.2, 0.25) is 0 Å². The van der Waals surface area contributed by atoms with E-state index in [0.717, 1.165) is 0 Å². The SMILES string of the molecule is N#CC(Cl)CC(OC(CC(Cl)C#N)C1CO1)C1CO1. The fourth-order valence-corrected chi connectivity index (χ4v) is 2.22. The number of ether oxygens (including phenoxy) is 3. The van der Waals surface area contributed by atoms with E-state index in [1.54, 1.807) is 0 Å². The Bertz CT molecular complexity index is 351. The van der Waals surface area contributed by atoms with Crippen LogP contribution in [0.1, 0.15) is 12.8 Å². The summed E-state index contributed by atoms with van der Waals surface area (Å²) < 4.78 is 16.4. The summed E-state index contributed by atoms with van der Waals surface area (Å²) in [5, 5.41) is 16.3. The molecule has 2 fully saturated rings. The van der Waals surface area contributed by atoms with Crippen molar-refractivity contribution in [1.29, 1.82) is 10.5 Å². The van der Waals surface area contributed by atoms with Crippen LogP contribution in [-0.4, -0.2) is 48.4 Å². The van der Waals surface area contributed by atoms with Crippen LogP contribution in [0, 0.1) is 22.7 Å². The average molecular weight is 305 g/mol. The summed E-state index contributed by atoms with van der Waals surface area (Å²) >= 11 is 11.7. The van der Waals surface area contributed by atoms with E-state index >= 15 is 0 Å². The molecule has 19 heavy (non-hydrogen) atoms. The molecule has 0 aromatic carbocycles. The van der Waals surface area contributed by atoms with Crippen LogP contribution in [0.25, 0.3) is 0 Å². The van der Waals surface area contributed by atoms with Gasteiger partial charge in [-0.1, -0.05) is 0 Å². The maximum atomic E-state index is 8.76. The van der Waals surface area contributed by atoms with E-state index in [1.807, 2.05) is 12.1 Å². The molecule has 104 valence electrons. The van der Waals surface area contributed by atoms with Crippen molar-refractivity contribution >= 4 is 23.2 Å². The van der Waals surface area contributed by atoms with Gasteiger partial charge in [-0.15, -0.1) is 23.2 Å². The Labute approximate surface area is 121 Å². The molecule has 0 amide bonds. The monoisotopic (exact) mass is 304 g/mol. The number of alkyl halides is 2. The van der Waals surface area contributed by atoms with Crippen molar-refractivity contribution in [2.75, 3.05) is 13.2 Å². The molecule has 0 aliphatic carbocycles. The first-order valence-corrected chi connectivity index (χ1v) is 6.97. The first-order valence-electron chi connectivity index (χ1n) is 6.10. The van der Waals surface area contributed by atoms with Crippen LogP contribution in [0.4, 0.5) is 0 Å². The van der Waals surface area contributed by atoms with E-state index in [-0.39, 0.29) is 24.4 Å². The molecule has 7 heteroatoms. The lowest BCUT2D eigenvalue weighted by Crippen LogP contribution is -2.33. The summed E-state index contributed by atoms with van der Waals surface area (Å²) in [5.41, 5.74) is 0. The lowest BCUT2D eigenvalue weighted by Gasteiger charge is -2.23. The topological polar surface area (TPSA) is 81.9 Å². The standard InChI is InChI=1S/C12H14Cl2N2O3/c13-7(3-15)1-9(11-5-17-11)19-10(12-6-18-12)2-8(14)4-16/h7-12H,1-2,5-6H2. The molecule has 0 aromatic rings. The van der Waals surface area contributed by atoms with E-state index in [9.17, 15) is 0 Å². The highest BCUT2D eigenvalue weighted by Crippen LogP contribution is 2.29. The third kappa shape index (κ3) is 4.80. The van der Waals surface area contributed by atoms with Gasteiger partial charge in [0, 0.05) is 12.8 Å². The molecular formula is C12H14Cl2N2O3. The number of nitrogens with zero attached hydrogens (tertiary/aromatic N) is 2. The highest BCUT2D eigenvalue weighted by atomic mass is 35.5. The molecule has 2 aliphatic rings. The average Bonchev–Trinajstić information content (AvgIpc) is 3.28. The quantitative estimate of drug-likeness (QED) is 0.502. The van der Waals surface area contributed by atoms with Crippen LogP contribution in [0.15, 0.2) is 0 Å². The van der Waals surface area contributed by atoms with Gasteiger partial charge in [-0.2, -0.15) is 10.5 Å². The minimum atomic E-state index is -0.613. The van der Waals surface area contributed by atoms with Crippen molar-refractivity contribution in [3.8, 4) is 12.1 Å². The molecule has 6 unspecified atom stereocenters. The second kappa shape index (κ2) is 6.74. The Balaban J connectivity index is 1.89. The molecule has 2 rings (SSSR count). The predicted molar refractivity (Wildman–Crippen MR) is 67.9 cm³/mol. The molecule has 0 radical (unpaired) electrons. The van der Waals surface area contributed by atoms with Crippen molar-refractivity contribution in [2.45, 2.75) is 48.0 Å². The Morgan fingerprint density at radius 1 is 1.00 bits per heavy atom. The van der Waals surface area contributed by atoms with E-state index < -0.39 is 10.8 Å². The molecular weight excluding hydrogens is 291 g/mol. The first-order chi connectivity index (χ1) is 9.13. The number of hydrogen-bond acceptors (Lipinski definition) is 5. The van der Waals surface area contributed by atoms with Gasteiger partial charge in [-0.25, -0.2) is 0 Å². The van der Waals surface area contributed by atoms with Gasteiger partial charge in [0.15, 0.2) is 0 Å². The van der Waals surface area contributed by atoms with Crippen LogP contribution in [0.3, 0.4) is 0 Å². The molecule has 5 nitrogen and oxygen atoms in total. The maximum absolute atomic E-state index is 8.76. The molecule has 2 aliphatic heterocycles. The molecule has 0 N–H and O–H groups in total. The number of nitriles is 2. The Kier molecular flexibility index (Phi) is 5.27. The van der Waals surface area contributed by atoms with Crippen LogP contribution < -0.4 is 0 Å². The first kappa shape index (κ1) is 14.8. The van der Waals surface area contributed by atoms with E-state index in [0.29, 0.717) is 26.1 Å². The molecule has 0 spiro atoms. The van der Waals surface area contributed by atoms with Crippen LogP contribution in [0.2, 0.25) is 0 Å². The van der Waals surface area contributed by atoms with Crippen molar-refractivity contribution in [3.63, 3.8) is 0 Å². The zero-order chi connectivity index (χ0) is 13.8.